The number of carbonyl (C=O) groups excluding carboxylic acids is 2. The summed E-state index contributed by atoms with van der Waals surface area (Å²) >= 11 is 0. The van der Waals surface area contributed by atoms with Crippen molar-refractivity contribution in [1.29, 1.82) is 0 Å². The Morgan fingerprint density at radius 2 is 2.02 bits per heavy atom. The minimum atomic E-state index is -1.36. The highest BCUT2D eigenvalue weighted by Gasteiger charge is 2.45. The zero-order valence-electron chi connectivity index (χ0n) is 25.5. The largest absolute Gasteiger partial charge is 0.394 e. The quantitative estimate of drug-likeness (QED) is 0.0752. The molecule has 2 rings (SSSR count). The van der Waals surface area contributed by atoms with Crippen molar-refractivity contribution >= 4 is 41.3 Å². The van der Waals surface area contributed by atoms with E-state index in [9.17, 15) is 24.9 Å². The van der Waals surface area contributed by atoms with E-state index in [1.807, 2.05) is 13.1 Å². The number of aliphatic hydroxyl groups is 3. The van der Waals surface area contributed by atoms with E-state index in [1.54, 1.807) is 25.9 Å². The van der Waals surface area contributed by atoms with Gasteiger partial charge in [0.05, 0.1) is 38.7 Å². The molecule has 1 saturated heterocycles. The highest BCUT2D eigenvalue weighted by Crippen LogP contribution is 2.29. The van der Waals surface area contributed by atoms with Crippen molar-refractivity contribution in [1.82, 2.24) is 25.2 Å². The fourth-order valence-corrected chi connectivity index (χ4v) is 6.61. The van der Waals surface area contributed by atoms with E-state index in [1.165, 1.54) is 6.92 Å². The summed E-state index contributed by atoms with van der Waals surface area (Å²) in [4.78, 5) is 26.1. The van der Waals surface area contributed by atoms with Crippen molar-refractivity contribution in [2.24, 2.45) is 5.92 Å². The minimum absolute atomic E-state index is 0.110. The summed E-state index contributed by atoms with van der Waals surface area (Å²) in [6, 6.07) is -0.984. The third kappa shape index (κ3) is 14.4. The first-order chi connectivity index (χ1) is 20.7. The molecule has 0 aliphatic carbocycles. The number of ketones is 1. The van der Waals surface area contributed by atoms with E-state index in [0.29, 0.717) is 31.9 Å². The Balaban J connectivity index is 1.63. The first-order valence-electron chi connectivity index (χ1n) is 14.9. The second-order valence-electron chi connectivity index (χ2n) is 10.6. The molecule has 0 bridgehead atoms. The van der Waals surface area contributed by atoms with Crippen molar-refractivity contribution in [3.8, 4) is 0 Å². The highest BCUT2D eigenvalue weighted by molar-refractivity contribution is 8.94. The number of aromatic nitrogens is 3. The van der Waals surface area contributed by atoms with Crippen LogP contribution in [0.1, 0.15) is 58.6 Å². The molecule has 6 unspecified atom stereocenters. The summed E-state index contributed by atoms with van der Waals surface area (Å²) in [6.07, 6.45) is 1.73. The fourth-order valence-electron chi connectivity index (χ4n) is 4.74. The number of hydrogen-bond donors (Lipinski definition) is 4. The number of rotatable bonds is 23. The molecule has 13 nitrogen and oxygen atoms in total. The summed E-state index contributed by atoms with van der Waals surface area (Å²) in [5, 5.41) is 40.8. The molecule has 1 aromatic rings. The van der Waals surface area contributed by atoms with E-state index in [4.69, 9.17) is 14.2 Å². The van der Waals surface area contributed by atoms with Gasteiger partial charge in [-0.1, -0.05) is 55.1 Å². The second kappa shape index (κ2) is 21.8. The maximum atomic E-state index is 12.3. The standard InChI is InChI=1S/C27H50N5O8PS2/c1-4-31(10-6-5-8-19(2)22(35)9-7-15-42-43-41)16-21-17-32(30-29-21)11-12-38-13-14-39-27-24(28-20(3)34)26(37)25(36)23(18-33)40-27/h17,19,23-27,33,36-37H,4-16,18,41H2,1-3H3,(H,28,34)/t19-,23?,24?,25?,26?,27?/m1/s1. The van der Waals surface area contributed by atoms with Gasteiger partial charge in [0.1, 0.15) is 30.1 Å². The van der Waals surface area contributed by atoms with Crippen LogP contribution in [0.4, 0.5) is 0 Å². The van der Waals surface area contributed by atoms with Gasteiger partial charge in [0.15, 0.2) is 6.29 Å². The van der Waals surface area contributed by atoms with Gasteiger partial charge in [0.25, 0.3) is 0 Å². The third-order valence-electron chi connectivity index (χ3n) is 7.27. The second-order valence-corrected chi connectivity index (χ2v) is 14.5. The smallest absolute Gasteiger partial charge is 0.217 e. The van der Waals surface area contributed by atoms with Gasteiger partial charge < -0.3 is 34.8 Å². The number of hydrogen-bond acceptors (Lipinski definition) is 13. The molecule has 7 atom stereocenters. The SMILES string of the molecule is CCN(CCCC[C@@H](C)C(=O)CCCSSP)Cc1cn(CCOCCOC2OC(CO)C(O)C(O)C2NC(C)=O)nn1. The predicted molar refractivity (Wildman–Crippen MR) is 170 cm³/mol. The Hall–Kier alpha value is -0.870. The molecular formula is C27H50N5O8PS2. The summed E-state index contributed by atoms with van der Waals surface area (Å²) in [7, 11) is 6.05. The van der Waals surface area contributed by atoms with Crippen LogP contribution in [0.2, 0.25) is 0 Å². The van der Waals surface area contributed by atoms with Crippen LogP contribution in [0.25, 0.3) is 0 Å². The molecule has 0 aromatic carbocycles. The van der Waals surface area contributed by atoms with Crippen LogP contribution >= 0.6 is 29.6 Å². The number of carbonyl (C=O) groups is 2. The highest BCUT2D eigenvalue weighted by atomic mass is 33.3. The molecule has 1 aliphatic rings. The van der Waals surface area contributed by atoms with Crippen LogP contribution in [-0.4, -0.2) is 123 Å². The van der Waals surface area contributed by atoms with Gasteiger partial charge in [0.2, 0.25) is 5.91 Å². The average molecular weight is 668 g/mol. The lowest BCUT2D eigenvalue weighted by Crippen LogP contribution is -2.64. The number of Topliss-reactive ketones (excluding diaryl/α,β-unsaturated/α-hetero) is 1. The van der Waals surface area contributed by atoms with E-state index >= 15 is 0 Å². The number of ether oxygens (including phenoxy) is 3. The summed E-state index contributed by atoms with van der Waals surface area (Å²) < 4.78 is 18.5. The molecule has 4 N–H and O–H groups in total. The summed E-state index contributed by atoms with van der Waals surface area (Å²) in [5.74, 6) is 1.10. The van der Waals surface area contributed by atoms with Gasteiger partial charge in [-0.15, -0.1) is 5.10 Å². The lowest BCUT2D eigenvalue weighted by Gasteiger charge is -2.42. The van der Waals surface area contributed by atoms with Crippen molar-refractivity contribution in [2.75, 3.05) is 45.3 Å². The van der Waals surface area contributed by atoms with Crippen molar-refractivity contribution in [2.45, 2.75) is 96.6 Å². The summed E-state index contributed by atoms with van der Waals surface area (Å²) in [6.45, 7) is 8.72. The lowest BCUT2D eigenvalue weighted by atomic mass is 9.96. The molecule has 16 heteroatoms. The number of nitrogens with one attached hydrogen (secondary N) is 1. The van der Waals surface area contributed by atoms with Crippen molar-refractivity contribution < 1.29 is 39.1 Å². The van der Waals surface area contributed by atoms with E-state index in [-0.39, 0.29) is 19.1 Å². The topological polar surface area (TPSA) is 168 Å². The van der Waals surface area contributed by atoms with Gasteiger partial charge in [0, 0.05) is 37.8 Å². The molecule has 0 spiro atoms. The monoisotopic (exact) mass is 667 g/mol. The zero-order valence-corrected chi connectivity index (χ0v) is 28.3. The Kier molecular flexibility index (Phi) is 19.4. The molecular weight excluding hydrogens is 617 g/mol. The number of amides is 1. The van der Waals surface area contributed by atoms with Crippen LogP contribution < -0.4 is 5.32 Å². The molecule has 1 fully saturated rings. The predicted octanol–water partition coefficient (Wildman–Crippen LogP) is 1.40. The normalized spacial score (nSPS) is 23.0. The molecule has 1 amide bonds. The summed E-state index contributed by atoms with van der Waals surface area (Å²) in [5.41, 5.74) is 0.882. The Morgan fingerprint density at radius 3 is 2.72 bits per heavy atom. The fraction of sp³-hybridized carbons (Fsp3) is 0.852. The Bertz CT molecular complexity index is 936. The van der Waals surface area contributed by atoms with E-state index < -0.39 is 43.2 Å². The molecule has 0 saturated carbocycles. The van der Waals surface area contributed by atoms with Gasteiger partial charge in [-0.05, 0) is 32.4 Å². The average Bonchev–Trinajstić information content (AvgIpc) is 3.44. The first-order valence-corrected chi connectivity index (χ1v) is 18.7. The zero-order chi connectivity index (χ0) is 31.6. The van der Waals surface area contributed by atoms with E-state index in [0.717, 1.165) is 50.2 Å². The third-order valence-corrected chi connectivity index (χ3v) is 10.00. The van der Waals surface area contributed by atoms with E-state index in [2.05, 4.69) is 35.9 Å². The first kappa shape index (κ1) is 38.3. The van der Waals surface area contributed by atoms with Crippen molar-refractivity contribution in [3.63, 3.8) is 0 Å². The number of unbranched alkanes of at least 4 members (excludes halogenated alkanes) is 1. The maximum absolute atomic E-state index is 12.3. The van der Waals surface area contributed by atoms with Crippen LogP contribution in [0.15, 0.2) is 6.20 Å². The van der Waals surface area contributed by atoms with Crippen LogP contribution in [0, 0.1) is 5.92 Å². The molecule has 0 radical (unpaired) electrons. The molecule has 248 valence electrons. The molecule has 2 heterocycles. The van der Waals surface area contributed by atoms with Crippen LogP contribution in [-0.2, 0) is 36.9 Å². The van der Waals surface area contributed by atoms with Gasteiger partial charge in [-0.3, -0.25) is 14.5 Å². The van der Waals surface area contributed by atoms with Gasteiger partial charge in [-0.25, -0.2) is 4.68 Å². The van der Waals surface area contributed by atoms with Crippen molar-refractivity contribution in [3.05, 3.63) is 11.9 Å². The minimum Gasteiger partial charge on any atom is -0.394 e. The lowest BCUT2D eigenvalue weighted by molar-refractivity contribution is -0.272. The van der Waals surface area contributed by atoms with Gasteiger partial charge in [-0.2, -0.15) is 0 Å². The Labute approximate surface area is 264 Å². The number of aliphatic hydroxyl groups excluding tert-OH is 3. The van der Waals surface area contributed by atoms with Crippen LogP contribution in [0.3, 0.4) is 0 Å². The number of nitrogens with zero attached hydrogens (tertiary/aromatic N) is 4. The molecule has 43 heavy (non-hydrogen) atoms. The molecule has 1 aliphatic heterocycles. The van der Waals surface area contributed by atoms with Crippen LogP contribution in [0.5, 0.6) is 0 Å². The Morgan fingerprint density at radius 1 is 1.23 bits per heavy atom. The molecule has 1 aromatic heterocycles. The maximum Gasteiger partial charge on any atom is 0.217 e. The van der Waals surface area contributed by atoms with Gasteiger partial charge >= 0.3 is 0 Å².